The van der Waals surface area contributed by atoms with Crippen LogP contribution in [0.1, 0.15) is 251 Å². The molecule has 0 fully saturated rings. The molecule has 0 bridgehead atoms. The Morgan fingerprint density at radius 1 is 0.424 bits per heavy atom. The van der Waals surface area contributed by atoms with Gasteiger partial charge in [0.1, 0.15) is 12.2 Å². The van der Waals surface area contributed by atoms with Crippen molar-refractivity contribution in [3.63, 3.8) is 0 Å². The van der Waals surface area contributed by atoms with E-state index in [2.05, 4.69) is 67.8 Å². The molecule has 4 atom stereocenters. The van der Waals surface area contributed by atoms with Crippen molar-refractivity contribution in [1.29, 1.82) is 0 Å². The normalized spacial score (nSPS) is 14.3. The Morgan fingerprint density at radius 2 is 0.763 bits per heavy atom. The molecule has 59 heavy (non-hydrogen) atoms. The lowest BCUT2D eigenvalue weighted by molar-refractivity contribution is -0.132. The smallest absolute Gasteiger partial charge is 0.249 e. The highest BCUT2D eigenvalue weighted by atomic mass is 16.3. The highest BCUT2D eigenvalue weighted by Gasteiger charge is 2.28. The van der Waals surface area contributed by atoms with E-state index >= 15 is 0 Å². The molecule has 0 aliphatic carbocycles. The predicted octanol–water partition coefficient (Wildman–Crippen LogP) is 14.2. The van der Waals surface area contributed by atoms with Crippen molar-refractivity contribution in [1.82, 2.24) is 5.32 Å². The average molecular weight is 830 g/mol. The molecular formula is C53H99NO5. The van der Waals surface area contributed by atoms with E-state index in [0.29, 0.717) is 19.3 Å². The van der Waals surface area contributed by atoms with Gasteiger partial charge in [-0.3, -0.25) is 4.79 Å². The van der Waals surface area contributed by atoms with E-state index in [-0.39, 0.29) is 0 Å². The van der Waals surface area contributed by atoms with Crippen LogP contribution in [0.25, 0.3) is 0 Å². The number of aliphatic hydroxyl groups excluding tert-OH is 4. The van der Waals surface area contributed by atoms with E-state index < -0.39 is 36.9 Å². The van der Waals surface area contributed by atoms with Gasteiger partial charge in [0.05, 0.1) is 18.8 Å². The lowest BCUT2D eigenvalue weighted by Crippen LogP contribution is -2.53. The van der Waals surface area contributed by atoms with Crippen LogP contribution in [0.5, 0.6) is 0 Å². The number of carbonyl (C=O) groups excluding carboxylic acids is 1. The molecular weight excluding hydrogens is 731 g/mol. The third-order valence-corrected chi connectivity index (χ3v) is 11.7. The minimum Gasteiger partial charge on any atom is -0.394 e. The molecule has 0 rings (SSSR count). The Bertz CT molecular complexity index is 977. The van der Waals surface area contributed by atoms with Crippen LogP contribution in [0.15, 0.2) is 48.6 Å². The van der Waals surface area contributed by atoms with Crippen LogP contribution in [0.2, 0.25) is 0 Å². The number of amides is 1. The van der Waals surface area contributed by atoms with Gasteiger partial charge in [-0.2, -0.15) is 0 Å². The predicted molar refractivity (Wildman–Crippen MR) is 256 cm³/mol. The highest BCUT2D eigenvalue weighted by molar-refractivity contribution is 5.80. The second-order valence-corrected chi connectivity index (χ2v) is 17.5. The van der Waals surface area contributed by atoms with E-state index in [4.69, 9.17) is 0 Å². The maximum atomic E-state index is 12.5. The van der Waals surface area contributed by atoms with E-state index in [1.807, 2.05) is 0 Å². The van der Waals surface area contributed by atoms with Crippen molar-refractivity contribution in [2.24, 2.45) is 0 Å². The third-order valence-electron chi connectivity index (χ3n) is 11.7. The van der Waals surface area contributed by atoms with Gasteiger partial charge in [-0.25, -0.2) is 0 Å². The summed E-state index contributed by atoms with van der Waals surface area (Å²) in [4.78, 5) is 12.5. The van der Waals surface area contributed by atoms with Crippen LogP contribution in [-0.4, -0.2) is 57.3 Å². The molecule has 0 heterocycles. The van der Waals surface area contributed by atoms with Crippen LogP contribution in [0.3, 0.4) is 0 Å². The molecule has 0 radical (unpaired) electrons. The summed E-state index contributed by atoms with van der Waals surface area (Å²) in [6.07, 6.45) is 58.9. The van der Waals surface area contributed by atoms with E-state index in [1.54, 1.807) is 0 Å². The van der Waals surface area contributed by atoms with Gasteiger partial charge >= 0.3 is 0 Å². The summed E-state index contributed by atoms with van der Waals surface area (Å²) >= 11 is 0. The van der Waals surface area contributed by atoms with Crippen LogP contribution < -0.4 is 5.32 Å². The molecule has 6 nitrogen and oxygen atoms in total. The molecule has 0 aromatic rings. The Hall–Kier alpha value is -1.73. The topological polar surface area (TPSA) is 110 Å². The fraction of sp³-hybridized carbons (Fsp3) is 0.830. The van der Waals surface area contributed by atoms with Gasteiger partial charge in [-0.05, 0) is 83.5 Å². The fourth-order valence-corrected chi connectivity index (χ4v) is 7.69. The second-order valence-electron chi connectivity index (χ2n) is 17.5. The van der Waals surface area contributed by atoms with Crippen LogP contribution in [0.4, 0.5) is 0 Å². The van der Waals surface area contributed by atoms with E-state index in [0.717, 1.165) is 51.4 Å². The van der Waals surface area contributed by atoms with Crippen molar-refractivity contribution in [2.75, 3.05) is 6.61 Å². The highest BCUT2D eigenvalue weighted by Crippen LogP contribution is 2.16. The third kappa shape index (κ3) is 41.4. The lowest BCUT2D eigenvalue weighted by Gasteiger charge is -2.27. The molecule has 0 aliphatic heterocycles. The first kappa shape index (κ1) is 57.3. The van der Waals surface area contributed by atoms with Gasteiger partial charge in [0, 0.05) is 0 Å². The average Bonchev–Trinajstić information content (AvgIpc) is 3.24. The van der Waals surface area contributed by atoms with Crippen molar-refractivity contribution in [3.8, 4) is 0 Å². The van der Waals surface area contributed by atoms with E-state index in [1.165, 1.54) is 167 Å². The maximum absolute atomic E-state index is 12.5. The number of hydrogen-bond acceptors (Lipinski definition) is 5. The van der Waals surface area contributed by atoms with Crippen LogP contribution in [-0.2, 0) is 4.79 Å². The van der Waals surface area contributed by atoms with Gasteiger partial charge in [-0.15, -0.1) is 0 Å². The summed E-state index contributed by atoms with van der Waals surface area (Å²) in [5.74, 6) is -0.598. The standard InChI is InChI=1S/C53H99NO5/c1-3-5-7-9-11-13-15-17-18-19-20-21-22-23-24-25-26-27-28-29-30-31-32-33-35-37-39-41-43-45-47-51(57)53(59)54-49(48-55)52(58)50(56)46-44-42-40-38-36-34-16-14-12-10-8-6-4-2/h14,16,20-21,23-24,38,40,49-52,55-58H,3-13,15,17-19,22,25-37,39,41-48H2,1-2H3,(H,54,59)/b16-14+,21-20-,24-23-,40-38+. The molecule has 6 heteroatoms. The summed E-state index contributed by atoms with van der Waals surface area (Å²) in [6, 6.07) is -1.01. The number of hydrogen-bond donors (Lipinski definition) is 5. The maximum Gasteiger partial charge on any atom is 0.249 e. The fourth-order valence-electron chi connectivity index (χ4n) is 7.69. The zero-order chi connectivity index (χ0) is 43.1. The lowest BCUT2D eigenvalue weighted by atomic mass is 10.00. The molecule has 346 valence electrons. The zero-order valence-electron chi connectivity index (χ0n) is 39.0. The monoisotopic (exact) mass is 830 g/mol. The molecule has 5 N–H and O–H groups in total. The largest absolute Gasteiger partial charge is 0.394 e. The summed E-state index contributed by atoms with van der Waals surface area (Å²) in [5.41, 5.74) is 0. The number of nitrogens with one attached hydrogen (secondary N) is 1. The van der Waals surface area contributed by atoms with Gasteiger partial charge < -0.3 is 25.7 Å². The molecule has 4 unspecified atom stereocenters. The van der Waals surface area contributed by atoms with Gasteiger partial charge in [0.15, 0.2) is 0 Å². The molecule has 0 aliphatic rings. The van der Waals surface area contributed by atoms with Crippen molar-refractivity contribution in [3.05, 3.63) is 48.6 Å². The first-order valence-electron chi connectivity index (χ1n) is 25.5. The molecule has 0 saturated carbocycles. The first-order valence-corrected chi connectivity index (χ1v) is 25.5. The number of allylic oxidation sites excluding steroid dienone is 8. The Balaban J connectivity index is 3.65. The SMILES string of the molecule is CCCCCC/C=C/CC/C=C/CCCC(O)C(O)C(CO)NC(=O)C(O)CCCCCCCCCCCCCCCC/C=C\C/C=C\CCCCCCCCCCC. The van der Waals surface area contributed by atoms with Crippen molar-refractivity contribution < 1.29 is 25.2 Å². The van der Waals surface area contributed by atoms with E-state index in [9.17, 15) is 25.2 Å². The molecule has 0 aromatic carbocycles. The number of aliphatic hydroxyl groups is 4. The van der Waals surface area contributed by atoms with Gasteiger partial charge in [0.2, 0.25) is 5.91 Å². The summed E-state index contributed by atoms with van der Waals surface area (Å²) in [7, 11) is 0. The van der Waals surface area contributed by atoms with Crippen LogP contribution in [0, 0.1) is 0 Å². The van der Waals surface area contributed by atoms with Crippen LogP contribution >= 0.6 is 0 Å². The molecule has 0 aromatic heterocycles. The van der Waals surface area contributed by atoms with Gasteiger partial charge in [-0.1, -0.05) is 217 Å². The Labute approximate surface area is 366 Å². The molecule has 1 amide bonds. The molecule has 0 saturated heterocycles. The molecule has 0 spiro atoms. The first-order chi connectivity index (χ1) is 29.0. The van der Waals surface area contributed by atoms with Crippen molar-refractivity contribution >= 4 is 5.91 Å². The Kier molecular flexibility index (Phi) is 45.9. The number of rotatable bonds is 46. The summed E-state index contributed by atoms with van der Waals surface area (Å²) in [5, 5.41) is 43.7. The summed E-state index contributed by atoms with van der Waals surface area (Å²) < 4.78 is 0. The van der Waals surface area contributed by atoms with Crippen molar-refractivity contribution in [2.45, 2.75) is 276 Å². The minimum atomic E-state index is -1.29. The summed E-state index contributed by atoms with van der Waals surface area (Å²) in [6.45, 7) is 4.01. The quantitative estimate of drug-likeness (QED) is 0.0310. The minimum absolute atomic E-state index is 0.359. The zero-order valence-corrected chi connectivity index (χ0v) is 39.0. The second kappa shape index (κ2) is 47.3. The Morgan fingerprint density at radius 3 is 1.19 bits per heavy atom. The van der Waals surface area contributed by atoms with Gasteiger partial charge in [0.25, 0.3) is 0 Å². The number of unbranched alkanes of at least 4 members (excludes halogenated alkanes) is 29. The number of carbonyl (C=O) groups is 1.